The van der Waals surface area contributed by atoms with Gasteiger partial charge in [0.1, 0.15) is 12.3 Å². The van der Waals surface area contributed by atoms with Crippen molar-refractivity contribution in [2.24, 2.45) is 10.9 Å². The van der Waals surface area contributed by atoms with E-state index < -0.39 is 0 Å². The van der Waals surface area contributed by atoms with Crippen LogP contribution in [0.15, 0.2) is 35.5 Å². The summed E-state index contributed by atoms with van der Waals surface area (Å²) in [5, 5.41) is 0. The second kappa shape index (κ2) is 6.84. The van der Waals surface area contributed by atoms with Crippen LogP contribution in [0.3, 0.4) is 0 Å². The zero-order valence-electron chi connectivity index (χ0n) is 15.5. The molecule has 1 aromatic carbocycles. The highest BCUT2D eigenvalue weighted by Crippen LogP contribution is 2.21. The molecule has 0 N–H and O–H groups in total. The normalized spacial score (nSPS) is 17.2. The Morgan fingerprint density at radius 3 is 2.58 bits per heavy atom. The fourth-order valence-corrected chi connectivity index (χ4v) is 3.60. The van der Waals surface area contributed by atoms with E-state index in [0.717, 1.165) is 24.6 Å². The van der Waals surface area contributed by atoms with Gasteiger partial charge < -0.3 is 9.30 Å². The van der Waals surface area contributed by atoms with Gasteiger partial charge in [0.2, 0.25) is 5.90 Å². The fourth-order valence-electron chi connectivity index (χ4n) is 3.60. The molecule has 0 saturated heterocycles. The summed E-state index contributed by atoms with van der Waals surface area (Å²) in [4.78, 5) is 4.81. The van der Waals surface area contributed by atoms with Gasteiger partial charge in [-0.25, -0.2) is 4.99 Å². The molecule has 24 heavy (non-hydrogen) atoms. The molecule has 1 atom stereocenters. The summed E-state index contributed by atoms with van der Waals surface area (Å²) < 4.78 is 8.15. The summed E-state index contributed by atoms with van der Waals surface area (Å²) in [6, 6.07) is 9.00. The van der Waals surface area contributed by atoms with Gasteiger partial charge in [-0.05, 0) is 61.9 Å². The van der Waals surface area contributed by atoms with Crippen molar-refractivity contribution in [2.45, 2.75) is 53.6 Å². The van der Waals surface area contributed by atoms with Crippen molar-refractivity contribution in [2.75, 3.05) is 6.61 Å². The van der Waals surface area contributed by atoms with Crippen LogP contribution >= 0.6 is 0 Å². The molecule has 1 aromatic heterocycles. The van der Waals surface area contributed by atoms with Crippen LogP contribution in [0.25, 0.3) is 0 Å². The summed E-state index contributed by atoms with van der Waals surface area (Å²) >= 11 is 0. The molecule has 2 heterocycles. The number of ether oxygens (including phenoxy) is 1. The van der Waals surface area contributed by atoms with Crippen molar-refractivity contribution < 1.29 is 4.74 Å². The maximum absolute atomic E-state index is 5.90. The highest BCUT2D eigenvalue weighted by Gasteiger charge is 2.23. The van der Waals surface area contributed by atoms with E-state index in [9.17, 15) is 0 Å². The molecule has 0 saturated carbocycles. The summed E-state index contributed by atoms with van der Waals surface area (Å²) in [7, 11) is 0. The first-order chi connectivity index (χ1) is 11.4. The lowest BCUT2D eigenvalue weighted by atomic mass is 10.00. The molecule has 0 radical (unpaired) electrons. The number of hydrogen-bond acceptors (Lipinski definition) is 2. The third-order valence-corrected chi connectivity index (χ3v) is 4.67. The van der Waals surface area contributed by atoms with Crippen LogP contribution in [-0.4, -0.2) is 23.1 Å². The van der Waals surface area contributed by atoms with Crippen LogP contribution in [0.1, 0.15) is 48.2 Å². The van der Waals surface area contributed by atoms with E-state index in [-0.39, 0.29) is 0 Å². The number of benzene rings is 1. The molecule has 0 spiro atoms. The van der Waals surface area contributed by atoms with E-state index in [1.165, 1.54) is 22.3 Å². The van der Waals surface area contributed by atoms with E-state index in [1.807, 2.05) is 0 Å². The van der Waals surface area contributed by atoms with Gasteiger partial charge in [-0.1, -0.05) is 31.5 Å². The summed E-state index contributed by atoms with van der Waals surface area (Å²) in [5.74, 6) is 1.44. The molecule has 2 aromatic rings. The van der Waals surface area contributed by atoms with Gasteiger partial charge in [0.15, 0.2) is 0 Å². The van der Waals surface area contributed by atoms with Gasteiger partial charge >= 0.3 is 0 Å². The average Bonchev–Trinajstić information content (AvgIpc) is 3.10. The van der Waals surface area contributed by atoms with Crippen molar-refractivity contribution in [1.29, 1.82) is 0 Å². The Morgan fingerprint density at radius 1 is 1.21 bits per heavy atom. The molecule has 0 fully saturated rings. The zero-order valence-corrected chi connectivity index (χ0v) is 15.5. The lowest BCUT2D eigenvalue weighted by molar-refractivity contribution is 0.300. The maximum Gasteiger partial charge on any atom is 0.233 e. The fraction of sp³-hybridized carbons (Fsp3) is 0.476. The minimum Gasteiger partial charge on any atom is -0.474 e. The third-order valence-electron chi connectivity index (χ3n) is 4.67. The number of hydrogen-bond donors (Lipinski definition) is 0. The number of rotatable bonds is 5. The van der Waals surface area contributed by atoms with E-state index in [1.54, 1.807) is 0 Å². The molecule has 128 valence electrons. The molecular formula is C21H28N2O. The van der Waals surface area contributed by atoms with Crippen LogP contribution in [-0.2, 0) is 11.3 Å². The Kier molecular flexibility index (Phi) is 4.79. The van der Waals surface area contributed by atoms with Crippen molar-refractivity contribution in [3.8, 4) is 0 Å². The van der Waals surface area contributed by atoms with Crippen LogP contribution in [0, 0.1) is 26.7 Å². The lowest BCUT2D eigenvalue weighted by Crippen LogP contribution is -2.12. The first-order valence-electron chi connectivity index (χ1n) is 8.87. The SMILES string of the molecule is Cc1cc(C)c(Cn2cccc2C2=N[C@@H](CC(C)C)CO2)c(C)c1. The first-order valence-corrected chi connectivity index (χ1v) is 8.87. The van der Waals surface area contributed by atoms with Crippen LogP contribution in [0.5, 0.6) is 0 Å². The number of aryl methyl sites for hydroxylation is 3. The Hall–Kier alpha value is -2.03. The Balaban J connectivity index is 1.85. The smallest absolute Gasteiger partial charge is 0.233 e. The van der Waals surface area contributed by atoms with Gasteiger partial charge in [0.25, 0.3) is 0 Å². The first kappa shape index (κ1) is 16.8. The van der Waals surface area contributed by atoms with E-state index in [4.69, 9.17) is 9.73 Å². The molecule has 0 bridgehead atoms. The van der Waals surface area contributed by atoms with Crippen LogP contribution < -0.4 is 0 Å². The van der Waals surface area contributed by atoms with Crippen LogP contribution in [0.4, 0.5) is 0 Å². The standard InChI is InChI=1S/C21H28N2O/c1-14(2)9-18-13-24-21(22-18)20-7-6-8-23(20)12-19-16(4)10-15(3)11-17(19)5/h6-8,10-11,14,18H,9,12-13H2,1-5H3/t18-/m0/s1. The zero-order chi connectivity index (χ0) is 17.3. The molecule has 0 aliphatic carbocycles. The van der Waals surface area contributed by atoms with Crippen molar-refractivity contribution in [3.63, 3.8) is 0 Å². The van der Waals surface area contributed by atoms with Gasteiger partial charge in [0.05, 0.1) is 6.04 Å². The van der Waals surface area contributed by atoms with Gasteiger partial charge in [-0.15, -0.1) is 0 Å². The Bertz CT molecular complexity index is 732. The third kappa shape index (κ3) is 3.55. The average molecular weight is 324 g/mol. The van der Waals surface area contributed by atoms with Crippen LogP contribution in [0.2, 0.25) is 0 Å². The topological polar surface area (TPSA) is 26.5 Å². The largest absolute Gasteiger partial charge is 0.474 e. The van der Waals surface area contributed by atoms with Crippen molar-refractivity contribution in [1.82, 2.24) is 4.57 Å². The summed E-state index contributed by atoms with van der Waals surface area (Å²) in [6.45, 7) is 12.6. The molecule has 1 aliphatic rings. The van der Waals surface area contributed by atoms with E-state index in [2.05, 4.69) is 69.6 Å². The minimum atomic E-state index is 0.297. The van der Waals surface area contributed by atoms with Gasteiger partial charge in [0, 0.05) is 12.7 Å². The Morgan fingerprint density at radius 2 is 1.92 bits per heavy atom. The monoisotopic (exact) mass is 324 g/mol. The molecule has 1 aliphatic heterocycles. The van der Waals surface area contributed by atoms with E-state index in [0.29, 0.717) is 18.6 Å². The molecule has 3 nitrogen and oxygen atoms in total. The second-order valence-corrected chi connectivity index (χ2v) is 7.43. The van der Waals surface area contributed by atoms with Crippen molar-refractivity contribution >= 4 is 5.90 Å². The highest BCUT2D eigenvalue weighted by molar-refractivity contribution is 5.93. The molecule has 0 unspecified atom stereocenters. The molecule has 3 heteroatoms. The molecule has 3 rings (SSSR count). The van der Waals surface area contributed by atoms with Gasteiger partial charge in [-0.3, -0.25) is 0 Å². The lowest BCUT2D eigenvalue weighted by Gasteiger charge is -2.14. The minimum absolute atomic E-state index is 0.297. The summed E-state index contributed by atoms with van der Waals surface area (Å²) in [6.07, 6.45) is 3.20. The van der Waals surface area contributed by atoms with Crippen molar-refractivity contribution in [3.05, 3.63) is 58.4 Å². The summed E-state index contributed by atoms with van der Waals surface area (Å²) in [5.41, 5.74) is 6.48. The highest BCUT2D eigenvalue weighted by atomic mass is 16.5. The number of aromatic nitrogens is 1. The Labute approximate surface area is 145 Å². The van der Waals surface area contributed by atoms with E-state index >= 15 is 0 Å². The number of nitrogens with zero attached hydrogens (tertiary/aromatic N) is 2. The number of aliphatic imine (C=N–C) groups is 1. The predicted octanol–water partition coefficient (Wildman–Crippen LogP) is 4.65. The maximum atomic E-state index is 5.90. The second-order valence-electron chi connectivity index (χ2n) is 7.43. The quantitative estimate of drug-likeness (QED) is 0.786. The van der Waals surface area contributed by atoms with Gasteiger partial charge in [-0.2, -0.15) is 0 Å². The molecular weight excluding hydrogens is 296 g/mol. The molecule has 0 amide bonds. The predicted molar refractivity (Wildman–Crippen MR) is 99.9 cm³/mol.